The zero-order valence-electron chi connectivity index (χ0n) is 12.7. The number of nitrogens with zero attached hydrogens (tertiary/aromatic N) is 2. The number of amides is 1. The minimum atomic E-state index is 0.0884. The number of hydrogen-bond donors (Lipinski definition) is 1. The lowest BCUT2D eigenvalue weighted by molar-refractivity contribution is 0.0754. The molecule has 0 bridgehead atoms. The Balaban J connectivity index is 2.05. The summed E-state index contributed by atoms with van der Waals surface area (Å²) in [5, 5.41) is 0. The third-order valence-corrected chi connectivity index (χ3v) is 4.22. The van der Waals surface area contributed by atoms with Crippen LogP contribution in [0.1, 0.15) is 35.7 Å². The van der Waals surface area contributed by atoms with Gasteiger partial charge in [-0.1, -0.05) is 6.92 Å². The highest BCUT2D eigenvalue weighted by Crippen LogP contribution is 2.19. The molecule has 1 aromatic rings. The maximum Gasteiger partial charge on any atom is 0.253 e. The standard InChI is InChI=1S/C16H25N3O/c1-4-19-9-5-6-14(19)11-18(3)16(20)15-8-7-13(17)10-12(15)2/h7-8,10,14H,4-6,9,11,17H2,1-3H3. The molecule has 1 amide bonds. The summed E-state index contributed by atoms with van der Waals surface area (Å²) in [5.74, 6) is 0.0884. The van der Waals surface area contributed by atoms with E-state index in [0.29, 0.717) is 11.7 Å². The van der Waals surface area contributed by atoms with Crippen molar-refractivity contribution in [2.75, 3.05) is 32.4 Å². The van der Waals surface area contributed by atoms with Gasteiger partial charge >= 0.3 is 0 Å². The average Bonchev–Trinajstić information content (AvgIpc) is 2.85. The molecule has 1 saturated heterocycles. The summed E-state index contributed by atoms with van der Waals surface area (Å²) in [5.41, 5.74) is 8.14. The molecule has 4 heteroatoms. The van der Waals surface area contributed by atoms with Gasteiger partial charge in [0.1, 0.15) is 0 Å². The molecule has 1 fully saturated rings. The Morgan fingerprint density at radius 3 is 2.90 bits per heavy atom. The maximum absolute atomic E-state index is 12.5. The molecule has 1 atom stereocenters. The van der Waals surface area contributed by atoms with Gasteiger partial charge < -0.3 is 10.6 Å². The number of carbonyl (C=O) groups is 1. The molecule has 2 N–H and O–H groups in total. The lowest BCUT2D eigenvalue weighted by Crippen LogP contribution is -2.41. The van der Waals surface area contributed by atoms with Crippen molar-refractivity contribution >= 4 is 11.6 Å². The number of nitrogens with two attached hydrogens (primary N) is 1. The fraction of sp³-hybridized carbons (Fsp3) is 0.562. The first-order valence-electron chi connectivity index (χ1n) is 7.38. The van der Waals surface area contributed by atoms with E-state index in [9.17, 15) is 4.79 Å². The highest BCUT2D eigenvalue weighted by Gasteiger charge is 2.26. The van der Waals surface area contributed by atoms with E-state index in [0.717, 1.165) is 30.8 Å². The van der Waals surface area contributed by atoms with Gasteiger partial charge in [-0.25, -0.2) is 0 Å². The van der Waals surface area contributed by atoms with Crippen molar-refractivity contribution in [3.8, 4) is 0 Å². The number of likely N-dealkylation sites (tertiary alicyclic amines) is 1. The van der Waals surface area contributed by atoms with Crippen LogP contribution in [0.15, 0.2) is 18.2 Å². The molecule has 4 nitrogen and oxygen atoms in total. The number of benzene rings is 1. The van der Waals surface area contributed by atoms with Crippen LogP contribution in [-0.4, -0.2) is 48.4 Å². The molecule has 2 rings (SSSR count). The third-order valence-electron chi connectivity index (χ3n) is 4.22. The lowest BCUT2D eigenvalue weighted by atomic mass is 10.1. The van der Waals surface area contributed by atoms with E-state index in [2.05, 4.69) is 11.8 Å². The Bertz CT molecular complexity index is 487. The van der Waals surface area contributed by atoms with E-state index >= 15 is 0 Å². The predicted octanol–water partition coefficient (Wildman–Crippen LogP) is 2.13. The third kappa shape index (κ3) is 3.12. The quantitative estimate of drug-likeness (QED) is 0.856. The fourth-order valence-corrected chi connectivity index (χ4v) is 3.05. The van der Waals surface area contributed by atoms with Gasteiger partial charge in [0.15, 0.2) is 0 Å². The molecule has 20 heavy (non-hydrogen) atoms. The van der Waals surface area contributed by atoms with Crippen molar-refractivity contribution in [2.45, 2.75) is 32.7 Å². The summed E-state index contributed by atoms with van der Waals surface area (Å²) in [6.45, 7) is 7.14. The highest BCUT2D eigenvalue weighted by atomic mass is 16.2. The predicted molar refractivity (Wildman–Crippen MR) is 82.8 cm³/mol. The van der Waals surface area contributed by atoms with Gasteiger partial charge in [0.05, 0.1) is 0 Å². The molecule has 0 aromatic heterocycles. The van der Waals surface area contributed by atoms with Crippen molar-refractivity contribution in [3.05, 3.63) is 29.3 Å². The van der Waals surface area contributed by atoms with Crippen molar-refractivity contribution in [1.29, 1.82) is 0 Å². The smallest absolute Gasteiger partial charge is 0.253 e. The summed E-state index contributed by atoms with van der Waals surface area (Å²) >= 11 is 0. The number of nitrogen functional groups attached to an aromatic ring is 1. The minimum absolute atomic E-state index is 0.0884. The summed E-state index contributed by atoms with van der Waals surface area (Å²) in [4.78, 5) is 16.8. The summed E-state index contributed by atoms with van der Waals surface area (Å²) < 4.78 is 0. The van der Waals surface area contributed by atoms with Crippen LogP contribution in [0.2, 0.25) is 0 Å². The SMILES string of the molecule is CCN1CCCC1CN(C)C(=O)c1ccc(N)cc1C. The zero-order valence-corrected chi connectivity index (χ0v) is 12.7. The van der Waals surface area contributed by atoms with Crippen LogP contribution >= 0.6 is 0 Å². The number of aryl methyl sites for hydroxylation is 1. The van der Waals surface area contributed by atoms with Crippen LogP contribution in [-0.2, 0) is 0 Å². The molecule has 0 radical (unpaired) electrons. The molecule has 0 saturated carbocycles. The van der Waals surface area contributed by atoms with Crippen LogP contribution < -0.4 is 5.73 Å². The van der Waals surface area contributed by atoms with Gasteiger partial charge in [-0.15, -0.1) is 0 Å². The Labute approximate surface area is 121 Å². The van der Waals surface area contributed by atoms with E-state index in [4.69, 9.17) is 5.73 Å². The Morgan fingerprint density at radius 1 is 1.50 bits per heavy atom. The Hall–Kier alpha value is -1.55. The minimum Gasteiger partial charge on any atom is -0.399 e. The van der Waals surface area contributed by atoms with Crippen molar-refractivity contribution in [2.24, 2.45) is 0 Å². The topological polar surface area (TPSA) is 49.6 Å². The average molecular weight is 275 g/mol. The first-order chi connectivity index (χ1) is 9.52. The monoisotopic (exact) mass is 275 g/mol. The molecular weight excluding hydrogens is 250 g/mol. The first kappa shape index (κ1) is 14.9. The summed E-state index contributed by atoms with van der Waals surface area (Å²) in [6.07, 6.45) is 2.42. The van der Waals surface area contributed by atoms with Crippen LogP contribution in [0.3, 0.4) is 0 Å². The zero-order chi connectivity index (χ0) is 14.7. The fourth-order valence-electron chi connectivity index (χ4n) is 3.05. The molecular formula is C16H25N3O. The normalized spacial score (nSPS) is 19.2. The molecule has 1 aromatic carbocycles. The largest absolute Gasteiger partial charge is 0.399 e. The van der Waals surface area contributed by atoms with E-state index in [-0.39, 0.29) is 5.91 Å². The highest BCUT2D eigenvalue weighted by molar-refractivity contribution is 5.95. The van der Waals surface area contributed by atoms with E-state index in [1.807, 2.05) is 31.0 Å². The molecule has 0 spiro atoms. The van der Waals surface area contributed by atoms with Gasteiger partial charge in [-0.3, -0.25) is 9.69 Å². The number of rotatable bonds is 4. The van der Waals surface area contributed by atoms with Gasteiger partial charge in [-0.2, -0.15) is 0 Å². The maximum atomic E-state index is 12.5. The van der Waals surface area contributed by atoms with Gasteiger partial charge in [-0.05, 0) is 56.6 Å². The van der Waals surface area contributed by atoms with Gasteiger partial charge in [0.25, 0.3) is 5.91 Å². The van der Waals surface area contributed by atoms with E-state index < -0.39 is 0 Å². The van der Waals surface area contributed by atoms with Gasteiger partial charge in [0.2, 0.25) is 0 Å². The number of hydrogen-bond acceptors (Lipinski definition) is 3. The molecule has 1 heterocycles. The second kappa shape index (κ2) is 6.27. The van der Waals surface area contributed by atoms with Crippen molar-refractivity contribution < 1.29 is 4.79 Å². The first-order valence-corrected chi connectivity index (χ1v) is 7.38. The lowest BCUT2D eigenvalue weighted by Gasteiger charge is -2.28. The molecule has 1 aliphatic heterocycles. The van der Waals surface area contributed by atoms with Crippen molar-refractivity contribution in [1.82, 2.24) is 9.80 Å². The van der Waals surface area contributed by atoms with Crippen LogP contribution in [0.25, 0.3) is 0 Å². The van der Waals surface area contributed by atoms with Gasteiger partial charge in [0, 0.05) is 30.9 Å². The number of likely N-dealkylation sites (N-methyl/N-ethyl adjacent to an activating group) is 2. The van der Waals surface area contributed by atoms with E-state index in [1.54, 1.807) is 6.07 Å². The summed E-state index contributed by atoms with van der Waals surface area (Å²) in [6, 6.07) is 5.98. The van der Waals surface area contributed by atoms with E-state index in [1.165, 1.54) is 12.8 Å². The Kier molecular flexibility index (Phi) is 4.65. The second-order valence-electron chi connectivity index (χ2n) is 5.68. The number of carbonyl (C=O) groups excluding carboxylic acids is 1. The molecule has 1 unspecified atom stereocenters. The Morgan fingerprint density at radius 2 is 2.25 bits per heavy atom. The second-order valence-corrected chi connectivity index (χ2v) is 5.68. The molecule has 110 valence electrons. The molecule has 1 aliphatic rings. The van der Waals surface area contributed by atoms with Crippen molar-refractivity contribution in [3.63, 3.8) is 0 Å². The van der Waals surface area contributed by atoms with Crippen LogP contribution in [0, 0.1) is 6.92 Å². The summed E-state index contributed by atoms with van der Waals surface area (Å²) in [7, 11) is 1.89. The van der Waals surface area contributed by atoms with Crippen LogP contribution in [0.5, 0.6) is 0 Å². The molecule has 0 aliphatic carbocycles. The number of anilines is 1. The van der Waals surface area contributed by atoms with Crippen LogP contribution in [0.4, 0.5) is 5.69 Å².